The van der Waals surface area contributed by atoms with Gasteiger partial charge in [-0.1, -0.05) is 23.4 Å². The van der Waals surface area contributed by atoms with Gasteiger partial charge in [-0.2, -0.15) is 0 Å². The van der Waals surface area contributed by atoms with Crippen LogP contribution in [0.5, 0.6) is 0 Å². The van der Waals surface area contributed by atoms with Gasteiger partial charge in [0.15, 0.2) is 5.16 Å². The molecule has 0 saturated carbocycles. The number of thiophene rings is 1. The Morgan fingerprint density at radius 3 is 2.76 bits per heavy atom. The number of rotatable bonds is 5. The number of benzene rings is 1. The summed E-state index contributed by atoms with van der Waals surface area (Å²) in [6.07, 6.45) is 4.19. The molecule has 1 aromatic carbocycles. The lowest BCUT2D eigenvalue weighted by Gasteiger charge is -2.16. The predicted molar refractivity (Wildman–Crippen MR) is 121 cm³/mol. The molecule has 3 aromatic rings. The van der Waals surface area contributed by atoms with E-state index >= 15 is 0 Å². The average molecular weight is 448 g/mol. The standard InChI is InChI=1S/C21H22ClN3O2S2/c1-3-23-18(26)12(2)28-21-24-19-17(15-6-4-5-7-16(15)29-19)20(27)25(21)14-10-8-13(22)9-11-14/h8-12H,3-7H2,1-2H3,(H,23,26). The first-order valence-electron chi connectivity index (χ1n) is 9.77. The van der Waals surface area contributed by atoms with Crippen LogP contribution in [0.15, 0.2) is 34.2 Å². The quantitative estimate of drug-likeness (QED) is 0.458. The summed E-state index contributed by atoms with van der Waals surface area (Å²) in [6.45, 7) is 4.29. The van der Waals surface area contributed by atoms with E-state index in [0.29, 0.717) is 22.4 Å². The van der Waals surface area contributed by atoms with Crippen molar-refractivity contribution in [3.8, 4) is 5.69 Å². The summed E-state index contributed by atoms with van der Waals surface area (Å²) in [5.74, 6) is -0.0695. The maximum atomic E-state index is 13.6. The van der Waals surface area contributed by atoms with Crippen molar-refractivity contribution in [2.45, 2.75) is 49.9 Å². The van der Waals surface area contributed by atoms with E-state index in [1.54, 1.807) is 28.0 Å². The number of fused-ring (bicyclic) bond motifs is 3. The molecule has 0 radical (unpaired) electrons. The summed E-state index contributed by atoms with van der Waals surface area (Å²) in [5.41, 5.74) is 1.79. The SMILES string of the molecule is CCNC(=O)C(C)Sc1nc2sc3c(c2c(=O)n1-c1ccc(Cl)cc1)CCCC3. The smallest absolute Gasteiger partial charge is 0.267 e. The second kappa shape index (κ2) is 8.50. The van der Waals surface area contributed by atoms with Gasteiger partial charge in [-0.25, -0.2) is 4.98 Å². The minimum atomic E-state index is -0.368. The molecule has 1 unspecified atom stereocenters. The Bertz CT molecular complexity index is 1120. The van der Waals surface area contributed by atoms with Crippen LogP contribution in [0.1, 0.15) is 37.1 Å². The van der Waals surface area contributed by atoms with E-state index in [1.165, 1.54) is 16.6 Å². The number of hydrogen-bond donors (Lipinski definition) is 1. The molecule has 1 N–H and O–H groups in total. The zero-order valence-electron chi connectivity index (χ0n) is 16.3. The van der Waals surface area contributed by atoms with Crippen LogP contribution in [-0.2, 0) is 17.6 Å². The molecule has 29 heavy (non-hydrogen) atoms. The van der Waals surface area contributed by atoms with Gasteiger partial charge in [0.2, 0.25) is 5.91 Å². The topological polar surface area (TPSA) is 64.0 Å². The van der Waals surface area contributed by atoms with Crippen LogP contribution in [0.25, 0.3) is 15.9 Å². The van der Waals surface area contributed by atoms with Gasteiger partial charge in [0.05, 0.1) is 16.3 Å². The van der Waals surface area contributed by atoms with E-state index in [1.807, 2.05) is 26.0 Å². The molecule has 2 heterocycles. The van der Waals surface area contributed by atoms with E-state index in [0.717, 1.165) is 41.5 Å². The van der Waals surface area contributed by atoms with Gasteiger partial charge in [0.25, 0.3) is 5.56 Å². The monoisotopic (exact) mass is 447 g/mol. The number of carbonyl (C=O) groups is 1. The van der Waals surface area contributed by atoms with Gasteiger partial charge in [0, 0.05) is 16.4 Å². The number of aryl methyl sites for hydroxylation is 2. The van der Waals surface area contributed by atoms with Crippen molar-refractivity contribution in [3.63, 3.8) is 0 Å². The summed E-state index contributed by atoms with van der Waals surface area (Å²) < 4.78 is 1.63. The Balaban J connectivity index is 1.90. The first kappa shape index (κ1) is 20.4. The van der Waals surface area contributed by atoms with Crippen molar-refractivity contribution in [2.24, 2.45) is 0 Å². The normalized spacial score (nSPS) is 14.6. The lowest BCUT2D eigenvalue weighted by molar-refractivity contribution is -0.120. The van der Waals surface area contributed by atoms with Crippen molar-refractivity contribution < 1.29 is 4.79 Å². The van der Waals surface area contributed by atoms with Crippen LogP contribution in [0.4, 0.5) is 0 Å². The highest BCUT2D eigenvalue weighted by Gasteiger charge is 2.25. The maximum absolute atomic E-state index is 13.6. The molecule has 5 nitrogen and oxygen atoms in total. The molecule has 0 aliphatic heterocycles. The summed E-state index contributed by atoms with van der Waals surface area (Å²) in [5, 5.41) is 4.33. The third-order valence-corrected chi connectivity index (χ3v) is 7.54. The zero-order chi connectivity index (χ0) is 20.5. The molecule has 1 amide bonds. The van der Waals surface area contributed by atoms with Crippen LogP contribution in [0, 0.1) is 0 Å². The van der Waals surface area contributed by atoms with Gasteiger partial charge >= 0.3 is 0 Å². The number of halogens is 1. The van der Waals surface area contributed by atoms with Crippen LogP contribution < -0.4 is 10.9 Å². The molecule has 152 valence electrons. The number of hydrogen-bond acceptors (Lipinski definition) is 5. The van der Waals surface area contributed by atoms with Crippen molar-refractivity contribution in [3.05, 3.63) is 50.1 Å². The zero-order valence-corrected chi connectivity index (χ0v) is 18.7. The number of aromatic nitrogens is 2. The minimum absolute atomic E-state index is 0.0673. The van der Waals surface area contributed by atoms with Gasteiger partial charge < -0.3 is 5.32 Å². The predicted octanol–water partition coefficient (Wildman–Crippen LogP) is 4.60. The van der Waals surface area contributed by atoms with Crippen molar-refractivity contribution in [2.75, 3.05) is 6.54 Å². The third kappa shape index (κ3) is 3.96. The van der Waals surface area contributed by atoms with Crippen LogP contribution in [-0.4, -0.2) is 27.3 Å². The molecule has 0 spiro atoms. The Labute approximate surface area is 182 Å². The fraction of sp³-hybridized carbons (Fsp3) is 0.381. The Kier molecular flexibility index (Phi) is 5.99. The highest BCUT2D eigenvalue weighted by molar-refractivity contribution is 8.00. The fourth-order valence-corrected chi connectivity index (χ4v) is 5.99. The van der Waals surface area contributed by atoms with Crippen molar-refractivity contribution in [1.82, 2.24) is 14.9 Å². The van der Waals surface area contributed by atoms with Gasteiger partial charge in [-0.05, 0) is 69.4 Å². The molecule has 2 aromatic heterocycles. The highest BCUT2D eigenvalue weighted by Crippen LogP contribution is 2.35. The average Bonchev–Trinajstić information content (AvgIpc) is 3.08. The first-order chi connectivity index (χ1) is 14.0. The summed E-state index contributed by atoms with van der Waals surface area (Å²) in [6, 6.07) is 7.16. The maximum Gasteiger partial charge on any atom is 0.267 e. The molecule has 0 fully saturated rings. The summed E-state index contributed by atoms with van der Waals surface area (Å²) >= 11 is 8.98. The van der Waals surface area contributed by atoms with Gasteiger partial charge in [0.1, 0.15) is 4.83 Å². The number of nitrogens with one attached hydrogen (secondary N) is 1. The number of thioether (sulfide) groups is 1. The molecule has 4 rings (SSSR count). The van der Waals surface area contributed by atoms with E-state index in [4.69, 9.17) is 16.6 Å². The Hall–Kier alpha value is -1.83. The highest BCUT2D eigenvalue weighted by atomic mass is 35.5. The van der Waals surface area contributed by atoms with Crippen LogP contribution in [0.3, 0.4) is 0 Å². The number of nitrogens with zero attached hydrogens (tertiary/aromatic N) is 2. The molecule has 8 heteroatoms. The molecular formula is C21H22ClN3O2S2. The number of carbonyl (C=O) groups excluding carboxylic acids is 1. The van der Waals surface area contributed by atoms with E-state index in [2.05, 4.69) is 5.32 Å². The van der Waals surface area contributed by atoms with Gasteiger partial charge in [-0.3, -0.25) is 14.2 Å². The molecule has 0 bridgehead atoms. The molecule has 1 aliphatic carbocycles. The lowest BCUT2D eigenvalue weighted by atomic mass is 9.97. The van der Waals surface area contributed by atoms with E-state index < -0.39 is 0 Å². The lowest BCUT2D eigenvalue weighted by Crippen LogP contribution is -2.31. The third-order valence-electron chi connectivity index (χ3n) is 5.05. The molecule has 1 atom stereocenters. The molecular weight excluding hydrogens is 426 g/mol. The molecule has 1 aliphatic rings. The second-order valence-corrected chi connectivity index (χ2v) is 9.89. The van der Waals surface area contributed by atoms with E-state index in [-0.39, 0.29) is 16.7 Å². The fourth-order valence-electron chi connectivity index (χ4n) is 3.61. The summed E-state index contributed by atoms with van der Waals surface area (Å²) in [4.78, 5) is 32.8. The van der Waals surface area contributed by atoms with Crippen LogP contribution in [0.2, 0.25) is 5.02 Å². The van der Waals surface area contributed by atoms with Crippen molar-refractivity contribution in [1.29, 1.82) is 0 Å². The van der Waals surface area contributed by atoms with Gasteiger partial charge in [-0.15, -0.1) is 11.3 Å². The second-order valence-electron chi connectivity index (χ2n) is 7.06. The Morgan fingerprint density at radius 2 is 2.03 bits per heavy atom. The van der Waals surface area contributed by atoms with E-state index in [9.17, 15) is 9.59 Å². The van der Waals surface area contributed by atoms with Crippen LogP contribution >= 0.6 is 34.7 Å². The number of amides is 1. The summed E-state index contributed by atoms with van der Waals surface area (Å²) in [7, 11) is 0. The Morgan fingerprint density at radius 1 is 1.31 bits per heavy atom. The first-order valence-corrected chi connectivity index (χ1v) is 11.8. The molecule has 0 saturated heterocycles. The minimum Gasteiger partial charge on any atom is -0.355 e. The van der Waals surface area contributed by atoms with Crippen molar-refractivity contribution >= 4 is 50.8 Å². The largest absolute Gasteiger partial charge is 0.355 e.